The normalized spacial score (nSPS) is 25.0. The number of fused-ring (bicyclic) bond motifs is 3. The van der Waals surface area contributed by atoms with E-state index in [1.807, 2.05) is 11.0 Å². The molecule has 0 unspecified atom stereocenters. The van der Waals surface area contributed by atoms with Gasteiger partial charge in [0.2, 0.25) is 5.91 Å². The van der Waals surface area contributed by atoms with Gasteiger partial charge in [0.1, 0.15) is 0 Å². The Balaban J connectivity index is 1.32. The lowest BCUT2D eigenvalue weighted by Gasteiger charge is -2.46. The first-order chi connectivity index (χ1) is 15.5. The first-order valence-electron chi connectivity index (χ1n) is 11.3. The number of amides is 1. The van der Waals surface area contributed by atoms with E-state index in [4.69, 9.17) is 0 Å². The van der Waals surface area contributed by atoms with E-state index in [9.17, 15) is 19.4 Å². The lowest BCUT2D eigenvalue weighted by Crippen LogP contribution is -2.59. The molecule has 1 aromatic heterocycles. The number of hydrogen-bond donors (Lipinski definition) is 3. The number of para-hydroxylation sites is 1. The second kappa shape index (κ2) is 8.54. The molecule has 1 aromatic carbocycles. The molecule has 2 fully saturated rings. The largest absolute Gasteiger partial charge is 0.504 e. The number of carbonyl (C=O) groups is 1. The maximum Gasteiger partial charge on any atom is 0.225 e. The summed E-state index contributed by atoms with van der Waals surface area (Å²) in [4.78, 5) is 17.3. The van der Waals surface area contributed by atoms with E-state index in [1.165, 1.54) is 12.1 Å². The van der Waals surface area contributed by atoms with Crippen LogP contribution in [0.25, 0.3) is 11.3 Å². The van der Waals surface area contributed by atoms with Gasteiger partial charge in [0, 0.05) is 44.3 Å². The third-order valence-electron chi connectivity index (χ3n) is 7.10. The van der Waals surface area contributed by atoms with E-state index in [-0.39, 0.29) is 24.5 Å². The second-order valence-electron chi connectivity index (χ2n) is 9.01. The highest BCUT2D eigenvalue weighted by atomic mass is 19.1. The zero-order valence-electron chi connectivity index (χ0n) is 17.9. The van der Waals surface area contributed by atoms with Crippen LogP contribution in [0.4, 0.5) is 15.9 Å². The van der Waals surface area contributed by atoms with Gasteiger partial charge in [-0.1, -0.05) is 6.07 Å². The van der Waals surface area contributed by atoms with Crippen LogP contribution >= 0.6 is 0 Å². The Hall–Kier alpha value is -2.94. The highest BCUT2D eigenvalue weighted by molar-refractivity contribution is 5.80. The quantitative estimate of drug-likeness (QED) is 0.671. The summed E-state index contributed by atoms with van der Waals surface area (Å²) in [5, 5.41) is 31.2. The van der Waals surface area contributed by atoms with Crippen molar-refractivity contribution in [3.05, 3.63) is 30.1 Å². The summed E-state index contributed by atoms with van der Waals surface area (Å²) in [6, 6.07) is 6.28. The van der Waals surface area contributed by atoms with Crippen molar-refractivity contribution in [3.63, 3.8) is 0 Å². The molecule has 1 saturated heterocycles. The van der Waals surface area contributed by atoms with Gasteiger partial charge in [0.05, 0.1) is 17.4 Å². The average molecular weight is 442 g/mol. The van der Waals surface area contributed by atoms with Crippen molar-refractivity contribution in [3.8, 4) is 17.0 Å². The molecule has 3 aliphatic rings. The van der Waals surface area contributed by atoms with Gasteiger partial charge < -0.3 is 25.3 Å². The van der Waals surface area contributed by atoms with Crippen molar-refractivity contribution in [1.82, 2.24) is 15.1 Å². The Morgan fingerprint density at radius 1 is 1.19 bits per heavy atom. The van der Waals surface area contributed by atoms with Crippen molar-refractivity contribution in [2.45, 2.75) is 31.7 Å². The number of nitrogens with zero attached hydrogens (tertiary/aromatic N) is 4. The Morgan fingerprint density at radius 2 is 2.00 bits per heavy atom. The molecular formula is C23H28FN5O3. The molecule has 1 amide bonds. The van der Waals surface area contributed by atoms with Crippen LogP contribution in [0.3, 0.4) is 0 Å². The minimum Gasteiger partial charge on any atom is -0.504 e. The van der Waals surface area contributed by atoms with Crippen LogP contribution in [0.1, 0.15) is 25.7 Å². The van der Waals surface area contributed by atoms with Crippen molar-refractivity contribution < 1.29 is 19.4 Å². The zero-order valence-corrected chi connectivity index (χ0v) is 17.9. The van der Waals surface area contributed by atoms with Crippen LogP contribution in [-0.2, 0) is 4.79 Å². The first-order valence-corrected chi connectivity index (χ1v) is 11.3. The van der Waals surface area contributed by atoms with E-state index in [2.05, 4.69) is 20.4 Å². The predicted molar refractivity (Wildman–Crippen MR) is 118 cm³/mol. The number of carbonyl (C=O) groups excluding carboxylic acids is 1. The van der Waals surface area contributed by atoms with Gasteiger partial charge in [-0.15, -0.1) is 10.2 Å². The number of piperazine rings is 1. The monoisotopic (exact) mass is 441 g/mol. The summed E-state index contributed by atoms with van der Waals surface area (Å²) in [7, 11) is 0. The van der Waals surface area contributed by atoms with Crippen LogP contribution in [-0.4, -0.2) is 70.0 Å². The molecule has 2 aromatic rings. The number of anilines is 2. The van der Waals surface area contributed by atoms with E-state index in [1.54, 1.807) is 6.07 Å². The molecule has 5 rings (SSSR count). The number of aromatic hydroxyl groups is 1. The number of hydrogen-bond acceptors (Lipinski definition) is 7. The third-order valence-corrected chi connectivity index (χ3v) is 7.10. The number of halogens is 1. The summed E-state index contributed by atoms with van der Waals surface area (Å²) >= 11 is 0. The molecule has 1 atom stereocenters. The minimum absolute atomic E-state index is 0.0570. The van der Waals surface area contributed by atoms with Crippen LogP contribution in [0.5, 0.6) is 5.75 Å². The number of phenols is 1. The highest BCUT2D eigenvalue weighted by Gasteiger charge is 2.37. The molecule has 1 saturated carbocycles. The number of phenolic OH excluding ortho intramolecular Hbond substituents is 1. The lowest BCUT2D eigenvalue weighted by atomic mass is 9.81. The molecule has 2 aliphatic heterocycles. The van der Waals surface area contributed by atoms with Gasteiger partial charge in [-0.3, -0.25) is 4.79 Å². The topological polar surface area (TPSA) is 102 Å². The molecule has 1 aliphatic carbocycles. The molecule has 9 heteroatoms. The van der Waals surface area contributed by atoms with Crippen LogP contribution in [0.2, 0.25) is 0 Å². The fourth-order valence-corrected chi connectivity index (χ4v) is 5.19. The Morgan fingerprint density at radius 3 is 2.78 bits per heavy atom. The summed E-state index contributed by atoms with van der Waals surface area (Å²) in [6.45, 7) is 2.82. The van der Waals surface area contributed by atoms with Crippen molar-refractivity contribution in [2.75, 3.05) is 43.0 Å². The van der Waals surface area contributed by atoms with E-state index >= 15 is 0 Å². The fourth-order valence-electron chi connectivity index (χ4n) is 5.19. The molecule has 170 valence electrons. The number of aliphatic hydroxyl groups excluding tert-OH is 1. The minimum atomic E-state index is -0.696. The van der Waals surface area contributed by atoms with Crippen LogP contribution < -0.4 is 10.2 Å². The van der Waals surface area contributed by atoms with Gasteiger partial charge >= 0.3 is 0 Å². The van der Waals surface area contributed by atoms with Crippen molar-refractivity contribution >= 4 is 17.4 Å². The van der Waals surface area contributed by atoms with Crippen LogP contribution in [0, 0.1) is 17.7 Å². The van der Waals surface area contributed by atoms with Gasteiger partial charge in [-0.2, -0.15) is 0 Å². The number of aromatic nitrogens is 2. The molecule has 32 heavy (non-hydrogen) atoms. The Bertz CT molecular complexity index is 1010. The second-order valence-corrected chi connectivity index (χ2v) is 9.01. The van der Waals surface area contributed by atoms with Gasteiger partial charge in [0.15, 0.2) is 17.4 Å². The number of nitrogens with one attached hydrogen (secondary N) is 1. The molecule has 0 radical (unpaired) electrons. The summed E-state index contributed by atoms with van der Waals surface area (Å²) in [5.41, 5.74) is 1.56. The molecule has 8 nitrogen and oxygen atoms in total. The number of rotatable bonds is 3. The van der Waals surface area contributed by atoms with Crippen molar-refractivity contribution in [2.24, 2.45) is 11.8 Å². The predicted octanol–water partition coefficient (Wildman–Crippen LogP) is 2.23. The van der Waals surface area contributed by atoms with E-state index < -0.39 is 11.6 Å². The lowest BCUT2D eigenvalue weighted by molar-refractivity contribution is -0.137. The van der Waals surface area contributed by atoms with Gasteiger partial charge in [-0.05, 0) is 49.8 Å². The molecule has 3 N–H and O–H groups in total. The Kier molecular flexibility index (Phi) is 5.58. The number of aliphatic hydroxyl groups is 1. The first kappa shape index (κ1) is 20.9. The maximum atomic E-state index is 13.8. The van der Waals surface area contributed by atoms with E-state index in [0.29, 0.717) is 49.2 Å². The average Bonchev–Trinajstić information content (AvgIpc) is 2.84. The number of benzene rings is 1. The highest BCUT2D eigenvalue weighted by Crippen LogP contribution is 2.37. The van der Waals surface area contributed by atoms with Gasteiger partial charge in [0.25, 0.3) is 0 Å². The molecule has 0 bridgehead atoms. The molecule has 3 heterocycles. The SMILES string of the molecule is O=C([C@H]1CC[C@H](CO)CC1)N1CCN2c3cc(-c4cccc(F)c4O)nnc3NC[C@H]2C1. The smallest absolute Gasteiger partial charge is 0.225 e. The Labute approximate surface area is 186 Å². The zero-order chi connectivity index (χ0) is 22.2. The molecular weight excluding hydrogens is 413 g/mol. The van der Waals surface area contributed by atoms with Crippen LogP contribution in [0.15, 0.2) is 24.3 Å². The van der Waals surface area contributed by atoms with Crippen molar-refractivity contribution in [1.29, 1.82) is 0 Å². The van der Waals surface area contributed by atoms with E-state index in [0.717, 1.165) is 31.4 Å². The standard InChI is InChI=1S/C23H28FN5O3/c24-18-3-1-2-17(21(18)31)19-10-20-22(27-26-19)25-11-16-12-28(8-9-29(16)20)23(32)15-6-4-14(13-30)5-7-15/h1-3,10,14-16,30-31H,4-9,11-13H2,(H,25,27)/t14-,15-,16-/m0/s1. The third kappa shape index (κ3) is 3.74. The van der Waals surface area contributed by atoms with Gasteiger partial charge in [-0.25, -0.2) is 4.39 Å². The molecule has 0 spiro atoms. The maximum absolute atomic E-state index is 13.8. The summed E-state index contributed by atoms with van der Waals surface area (Å²) < 4.78 is 13.8. The summed E-state index contributed by atoms with van der Waals surface area (Å²) in [5.74, 6) is 0.143. The fraction of sp³-hybridized carbons (Fsp3) is 0.522. The summed E-state index contributed by atoms with van der Waals surface area (Å²) in [6.07, 6.45) is 3.54.